The van der Waals surface area contributed by atoms with Crippen LogP contribution in [-0.2, 0) is 29.7 Å². The molecule has 11 heteroatoms. The number of phenols is 2. The second-order valence-electron chi connectivity index (χ2n) is 6.30. The average molecular weight is 519 g/mol. The van der Waals surface area contributed by atoms with Gasteiger partial charge < -0.3 is 29.9 Å². The molecule has 0 saturated carbocycles. The Kier molecular flexibility index (Phi) is 10.2. The Bertz CT molecular complexity index is 835. The van der Waals surface area contributed by atoms with E-state index in [2.05, 4.69) is 10.6 Å². The van der Waals surface area contributed by atoms with Crippen molar-refractivity contribution in [2.24, 2.45) is 0 Å². The van der Waals surface area contributed by atoms with E-state index in [1.54, 1.807) is 0 Å². The molecule has 1 radical (unpaired) electrons. The fourth-order valence-corrected chi connectivity index (χ4v) is 2.88. The number of carboxylic acids is 2. The van der Waals surface area contributed by atoms with E-state index in [0.717, 1.165) is 0 Å². The summed E-state index contributed by atoms with van der Waals surface area (Å²) in [5, 5.41) is 44.5. The van der Waals surface area contributed by atoms with Crippen molar-refractivity contribution in [3.8, 4) is 23.0 Å². The summed E-state index contributed by atoms with van der Waals surface area (Å²) < 4.78 is 10.1. The first kappa shape index (κ1) is 26.2. The minimum Gasteiger partial charge on any atom is -0.508 e. The molecule has 169 valence electrons. The van der Waals surface area contributed by atoms with Crippen LogP contribution >= 0.6 is 0 Å². The van der Waals surface area contributed by atoms with Crippen LogP contribution in [0.2, 0.25) is 0 Å². The number of aromatic hydroxyl groups is 2. The van der Waals surface area contributed by atoms with Gasteiger partial charge in [-0.1, -0.05) is 0 Å². The SMILES string of the molecule is COc1ccc(O)c(C(NCCNC(C(=O)O)c2cc(OC)ccc2O)C(=O)O)c1.[99Tc]. The van der Waals surface area contributed by atoms with Crippen molar-refractivity contribution < 1.29 is 59.6 Å². The number of aliphatic carboxylic acids is 2. The Labute approximate surface area is 192 Å². The first-order chi connectivity index (χ1) is 14.3. The number of hydrogen-bond acceptors (Lipinski definition) is 8. The largest absolute Gasteiger partial charge is 0.508 e. The number of ether oxygens (including phenoxy) is 2. The summed E-state index contributed by atoms with van der Waals surface area (Å²) in [6.07, 6.45) is 0. The van der Waals surface area contributed by atoms with E-state index in [4.69, 9.17) is 9.47 Å². The van der Waals surface area contributed by atoms with Crippen LogP contribution in [0.1, 0.15) is 23.2 Å². The van der Waals surface area contributed by atoms with Gasteiger partial charge in [-0.15, -0.1) is 0 Å². The summed E-state index contributed by atoms with van der Waals surface area (Å²) in [7, 11) is 2.84. The third kappa shape index (κ3) is 6.83. The number of rotatable bonds is 11. The number of carbonyl (C=O) groups is 2. The fraction of sp³-hybridized carbons (Fsp3) is 0.300. The van der Waals surface area contributed by atoms with Crippen LogP contribution in [-0.4, -0.2) is 59.7 Å². The summed E-state index contributed by atoms with van der Waals surface area (Å²) in [6.45, 7) is 0.115. The van der Waals surface area contributed by atoms with Crippen molar-refractivity contribution in [3.05, 3.63) is 47.5 Å². The van der Waals surface area contributed by atoms with Crippen LogP contribution < -0.4 is 20.1 Å². The summed E-state index contributed by atoms with van der Waals surface area (Å²) in [4.78, 5) is 23.3. The molecule has 2 atom stereocenters. The van der Waals surface area contributed by atoms with Gasteiger partial charge in [0.2, 0.25) is 0 Å². The predicted octanol–water partition coefficient (Wildman–Crippen LogP) is 1.24. The molecule has 2 aromatic rings. The second-order valence-corrected chi connectivity index (χ2v) is 6.30. The zero-order valence-electron chi connectivity index (χ0n) is 16.8. The van der Waals surface area contributed by atoms with Gasteiger partial charge in [-0.2, -0.15) is 0 Å². The van der Waals surface area contributed by atoms with Crippen LogP contribution in [0.5, 0.6) is 23.0 Å². The van der Waals surface area contributed by atoms with Crippen molar-refractivity contribution >= 4 is 11.9 Å². The Morgan fingerprint density at radius 1 is 0.806 bits per heavy atom. The van der Waals surface area contributed by atoms with Crippen molar-refractivity contribution in [1.29, 1.82) is 0 Å². The summed E-state index contributed by atoms with van der Waals surface area (Å²) in [5.74, 6) is -2.11. The first-order valence-corrected chi connectivity index (χ1v) is 8.94. The van der Waals surface area contributed by atoms with Gasteiger partial charge in [0.25, 0.3) is 0 Å². The number of hydrogen-bond donors (Lipinski definition) is 6. The van der Waals surface area contributed by atoms with Crippen molar-refractivity contribution in [1.82, 2.24) is 10.6 Å². The van der Waals surface area contributed by atoms with E-state index in [-0.39, 0.29) is 55.8 Å². The van der Waals surface area contributed by atoms with E-state index >= 15 is 0 Å². The van der Waals surface area contributed by atoms with Crippen LogP contribution in [0.15, 0.2) is 36.4 Å². The van der Waals surface area contributed by atoms with Gasteiger partial charge in [0.1, 0.15) is 35.1 Å². The van der Waals surface area contributed by atoms with Crippen molar-refractivity contribution in [3.63, 3.8) is 0 Å². The van der Waals surface area contributed by atoms with Gasteiger partial charge in [0.15, 0.2) is 0 Å². The van der Waals surface area contributed by atoms with E-state index in [0.29, 0.717) is 11.5 Å². The Hall–Kier alpha value is -2.85. The maximum Gasteiger partial charge on any atom is 0.325 e. The number of phenolic OH excluding ortho intramolecular Hbond substituents is 2. The van der Waals surface area contributed by atoms with Gasteiger partial charge >= 0.3 is 11.9 Å². The van der Waals surface area contributed by atoms with Gasteiger partial charge in [-0.3, -0.25) is 20.2 Å². The molecule has 2 rings (SSSR count). The maximum absolute atomic E-state index is 11.6. The topological polar surface area (TPSA) is 158 Å². The number of carboxylic acid groups (broad SMARTS) is 2. The summed E-state index contributed by atoms with van der Waals surface area (Å²) in [6, 6.07) is 5.98. The molecule has 2 unspecified atom stereocenters. The molecule has 0 aliphatic carbocycles. The second kappa shape index (κ2) is 12.1. The fourth-order valence-electron chi connectivity index (χ4n) is 2.88. The van der Waals surface area contributed by atoms with E-state index in [1.807, 2.05) is 0 Å². The molecule has 0 spiro atoms. The first-order valence-electron chi connectivity index (χ1n) is 8.94. The predicted molar refractivity (Wildman–Crippen MR) is 106 cm³/mol. The van der Waals surface area contributed by atoms with E-state index < -0.39 is 24.0 Å². The zero-order valence-corrected chi connectivity index (χ0v) is 18.7. The molecular weight excluding hydrogens is 495 g/mol. The Morgan fingerprint density at radius 2 is 1.16 bits per heavy atom. The third-order valence-electron chi connectivity index (χ3n) is 4.41. The summed E-state index contributed by atoms with van der Waals surface area (Å²) in [5.41, 5.74) is 0.226. The molecule has 0 aliphatic rings. The monoisotopic (exact) mass is 519 g/mol. The Morgan fingerprint density at radius 3 is 1.45 bits per heavy atom. The third-order valence-corrected chi connectivity index (χ3v) is 4.41. The molecule has 0 fully saturated rings. The number of benzene rings is 2. The Balaban J connectivity index is 0.00000480. The molecule has 31 heavy (non-hydrogen) atoms. The smallest absolute Gasteiger partial charge is 0.325 e. The average Bonchev–Trinajstić information content (AvgIpc) is 2.72. The minimum atomic E-state index is -1.24. The van der Waals surface area contributed by atoms with E-state index in [9.17, 15) is 30.0 Å². The molecule has 0 bridgehead atoms. The van der Waals surface area contributed by atoms with Gasteiger partial charge in [0.05, 0.1) is 14.2 Å². The maximum atomic E-state index is 11.6. The molecular formula is C20H24N2O8Tc. The molecule has 0 aromatic heterocycles. The minimum absolute atomic E-state index is 0. The van der Waals surface area contributed by atoms with Crippen molar-refractivity contribution in [2.45, 2.75) is 12.1 Å². The van der Waals surface area contributed by atoms with Crippen LogP contribution in [0.4, 0.5) is 0 Å². The zero-order chi connectivity index (χ0) is 22.3. The van der Waals surface area contributed by atoms with E-state index in [1.165, 1.54) is 50.6 Å². The number of nitrogens with one attached hydrogen (secondary N) is 2. The molecule has 0 aliphatic heterocycles. The summed E-state index contributed by atoms with van der Waals surface area (Å²) >= 11 is 0. The van der Waals surface area contributed by atoms with Crippen LogP contribution in [0.3, 0.4) is 0 Å². The molecule has 0 amide bonds. The molecule has 6 N–H and O–H groups in total. The van der Waals surface area contributed by atoms with Crippen LogP contribution in [0, 0.1) is 0 Å². The standard InChI is InChI=1S/C20H24N2O8.Tc/c1-29-11-3-5-15(23)13(9-11)17(19(25)26)21-7-8-22-18(20(27)28)14-10-12(30-2)4-6-16(14)24;/h3-6,9-10,17-18,21-24H,7-8H2,1-2H3,(H,25,26)(H,27,28);/i;1+1. The molecule has 0 heterocycles. The molecule has 2 aromatic carbocycles. The normalized spacial score (nSPS) is 12.3. The van der Waals surface area contributed by atoms with Crippen LogP contribution in [0.25, 0.3) is 0 Å². The number of methoxy groups -OCH3 is 2. The van der Waals surface area contributed by atoms with Crippen molar-refractivity contribution in [2.75, 3.05) is 27.3 Å². The quantitative estimate of drug-likeness (QED) is 0.239. The van der Waals surface area contributed by atoms with Gasteiger partial charge in [0, 0.05) is 44.3 Å². The molecule has 0 saturated heterocycles. The molecule has 10 nitrogen and oxygen atoms in total. The van der Waals surface area contributed by atoms with Gasteiger partial charge in [-0.05, 0) is 36.4 Å². The van der Waals surface area contributed by atoms with Gasteiger partial charge in [-0.25, -0.2) is 0 Å².